The summed E-state index contributed by atoms with van der Waals surface area (Å²) < 4.78 is 4.85. The fourth-order valence-electron chi connectivity index (χ4n) is 2.04. The summed E-state index contributed by atoms with van der Waals surface area (Å²) in [7, 11) is 0. The molecule has 0 aliphatic rings. The number of nitrogens with one attached hydrogen (secondary N) is 1. The first kappa shape index (κ1) is 18.4. The number of primary amides is 2. The van der Waals surface area contributed by atoms with Crippen molar-refractivity contribution in [3.8, 4) is 0 Å². The predicted octanol–water partition coefficient (Wildman–Crippen LogP) is -0.762. The Labute approximate surface area is 133 Å². The van der Waals surface area contributed by atoms with E-state index in [0.717, 1.165) is 0 Å². The van der Waals surface area contributed by atoms with Crippen LogP contribution in [-0.2, 0) is 15.3 Å². The van der Waals surface area contributed by atoms with E-state index in [4.69, 9.17) is 27.7 Å². The molecule has 23 heavy (non-hydrogen) atoms. The number of nitrogens with two attached hydrogens (primary N) is 4. The first-order valence-electron chi connectivity index (χ1n) is 6.93. The van der Waals surface area contributed by atoms with Gasteiger partial charge in [0.05, 0.1) is 6.04 Å². The maximum absolute atomic E-state index is 12.5. The highest BCUT2D eigenvalue weighted by Crippen LogP contribution is 2.23. The Kier molecular flexibility index (Phi) is 6.49. The molecule has 3 amide bonds. The molecule has 9 N–H and O–H groups in total. The Hall–Kier alpha value is -2.65. The average Bonchev–Trinajstić information content (AvgIpc) is 2.50. The molecule has 0 aliphatic carbocycles. The zero-order valence-electron chi connectivity index (χ0n) is 12.5. The summed E-state index contributed by atoms with van der Waals surface area (Å²) in [6.07, 6.45) is -0.572. The maximum atomic E-state index is 12.5. The van der Waals surface area contributed by atoms with Crippen molar-refractivity contribution in [2.24, 2.45) is 22.9 Å². The molecule has 0 saturated carbocycles. The highest BCUT2D eigenvalue weighted by atomic mass is 16.6. The molecule has 0 aliphatic heterocycles. The van der Waals surface area contributed by atoms with Gasteiger partial charge in [-0.05, 0) is 12.8 Å². The van der Waals surface area contributed by atoms with Gasteiger partial charge in [0.25, 0.3) is 5.72 Å². The third kappa shape index (κ3) is 5.24. The van der Waals surface area contributed by atoms with Crippen LogP contribution in [0.15, 0.2) is 30.3 Å². The second-order valence-corrected chi connectivity index (χ2v) is 4.93. The van der Waals surface area contributed by atoms with Crippen LogP contribution in [-0.4, -0.2) is 30.5 Å². The van der Waals surface area contributed by atoms with Crippen LogP contribution in [0.3, 0.4) is 0 Å². The van der Waals surface area contributed by atoms with Gasteiger partial charge < -0.3 is 27.3 Å². The van der Waals surface area contributed by atoms with Crippen molar-refractivity contribution in [2.75, 3.05) is 6.54 Å². The SMILES string of the molecule is NC(=O)NCCCC(N)C(=O)C(N)(OC(N)=O)c1ccccc1. The Balaban J connectivity index is 2.84. The molecule has 0 bridgehead atoms. The second-order valence-electron chi connectivity index (χ2n) is 4.93. The van der Waals surface area contributed by atoms with Gasteiger partial charge in [-0.2, -0.15) is 0 Å². The molecule has 2 unspecified atom stereocenters. The van der Waals surface area contributed by atoms with Gasteiger partial charge in [-0.15, -0.1) is 0 Å². The number of urea groups is 1. The number of hydrogen-bond donors (Lipinski definition) is 5. The Morgan fingerprint density at radius 2 is 1.78 bits per heavy atom. The zero-order chi connectivity index (χ0) is 17.5. The monoisotopic (exact) mass is 323 g/mol. The van der Waals surface area contributed by atoms with Crippen molar-refractivity contribution in [1.82, 2.24) is 5.32 Å². The maximum Gasteiger partial charge on any atom is 0.406 e. The number of benzene rings is 1. The largest absolute Gasteiger partial charge is 0.416 e. The molecule has 0 heterocycles. The number of amides is 3. The molecule has 2 atom stereocenters. The molecule has 9 heteroatoms. The van der Waals surface area contributed by atoms with Crippen molar-refractivity contribution >= 4 is 17.9 Å². The van der Waals surface area contributed by atoms with Crippen molar-refractivity contribution < 1.29 is 19.1 Å². The number of ketones is 1. The van der Waals surface area contributed by atoms with Crippen LogP contribution in [0.4, 0.5) is 9.59 Å². The number of ether oxygens (including phenoxy) is 1. The number of rotatable bonds is 8. The Morgan fingerprint density at radius 3 is 2.30 bits per heavy atom. The summed E-state index contributed by atoms with van der Waals surface area (Å²) in [4.78, 5) is 34.2. The zero-order valence-corrected chi connectivity index (χ0v) is 12.5. The van der Waals surface area contributed by atoms with Gasteiger partial charge in [0.2, 0.25) is 5.78 Å². The van der Waals surface area contributed by atoms with E-state index < -0.39 is 29.7 Å². The van der Waals surface area contributed by atoms with E-state index in [1.165, 1.54) is 12.1 Å². The number of carbonyl (C=O) groups excluding carboxylic acids is 3. The lowest BCUT2D eigenvalue weighted by atomic mass is 9.92. The Bertz CT molecular complexity index is 566. The van der Waals surface area contributed by atoms with Crippen LogP contribution in [0.5, 0.6) is 0 Å². The lowest BCUT2D eigenvalue weighted by Gasteiger charge is -2.29. The Morgan fingerprint density at radius 1 is 1.17 bits per heavy atom. The van der Waals surface area contributed by atoms with E-state index in [0.29, 0.717) is 6.42 Å². The molecule has 0 aromatic heterocycles. The summed E-state index contributed by atoms with van der Waals surface area (Å²) in [5, 5.41) is 2.38. The molecule has 0 saturated heterocycles. The van der Waals surface area contributed by atoms with Gasteiger partial charge in [-0.25, -0.2) is 9.59 Å². The summed E-state index contributed by atoms with van der Waals surface area (Å²) in [6.45, 7) is 0.260. The fourth-order valence-corrected chi connectivity index (χ4v) is 2.04. The summed E-state index contributed by atoms with van der Waals surface area (Å²) in [5.41, 5.74) is 19.9. The van der Waals surface area contributed by atoms with Crippen LogP contribution in [0.2, 0.25) is 0 Å². The van der Waals surface area contributed by atoms with Crippen LogP contribution < -0.4 is 28.3 Å². The minimum absolute atomic E-state index is 0.215. The summed E-state index contributed by atoms with van der Waals surface area (Å²) >= 11 is 0. The molecule has 0 spiro atoms. The predicted molar refractivity (Wildman–Crippen MR) is 82.8 cm³/mol. The van der Waals surface area contributed by atoms with Crippen LogP contribution in [0.25, 0.3) is 0 Å². The summed E-state index contributed by atoms with van der Waals surface area (Å²) in [6, 6.07) is 6.38. The smallest absolute Gasteiger partial charge is 0.406 e. The van der Waals surface area contributed by atoms with Crippen LogP contribution in [0.1, 0.15) is 18.4 Å². The fraction of sp³-hybridized carbons (Fsp3) is 0.357. The third-order valence-corrected chi connectivity index (χ3v) is 3.16. The van der Waals surface area contributed by atoms with Crippen molar-refractivity contribution in [3.05, 3.63) is 35.9 Å². The normalized spacial score (nSPS) is 14.3. The van der Waals surface area contributed by atoms with E-state index in [1.54, 1.807) is 18.2 Å². The molecule has 1 rings (SSSR count). The minimum atomic E-state index is -2.07. The van der Waals surface area contributed by atoms with Crippen LogP contribution >= 0.6 is 0 Å². The molecule has 1 aromatic carbocycles. The average molecular weight is 323 g/mol. The highest BCUT2D eigenvalue weighted by Gasteiger charge is 2.42. The van der Waals surface area contributed by atoms with Gasteiger partial charge in [-0.3, -0.25) is 10.5 Å². The van der Waals surface area contributed by atoms with E-state index >= 15 is 0 Å². The summed E-state index contributed by atoms with van der Waals surface area (Å²) in [5.74, 6) is -0.693. The van der Waals surface area contributed by atoms with Gasteiger partial charge >= 0.3 is 12.1 Å². The van der Waals surface area contributed by atoms with Crippen molar-refractivity contribution in [3.63, 3.8) is 0 Å². The van der Waals surface area contributed by atoms with Gasteiger partial charge in [0.1, 0.15) is 0 Å². The second kappa shape index (κ2) is 8.11. The molecule has 126 valence electrons. The number of Topliss-reactive ketones (excluding diaryl/α,β-unsaturated/α-hetero) is 1. The molecular weight excluding hydrogens is 302 g/mol. The topological polar surface area (TPSA) is 177 Å². The molecular formula is C14H21N5O4. The lowest BCUT2D eigenvalue weighted by molar-refractivity contribution is -0.139. The molecule has 1 aromatic rings. The van der Waals surface area contributed by atoms with E-state index in [9.17, 15) is 14.4 Å². The van der Waals surface area contributed by atoms with E-state index in [1.807, 2.05) is 0 Å². The van der Waals surface area contributed by atoms with Gasteiger partial charge in [0, 0.05) is 12.1 Å². The van der Waals surface area contributed by atoms with Gasteiger partial charge in [-0.1, -0.05) is 30.3 Å². The van der Waals surface area contributed by atoms with Crippen molar-refractivity contribution in [1.29, 1.82) is 0 Å². The lowest BCUT2D eigenvalue weighted by Crippen LogP contribution is -2.55. The number of carbonyl (C=O) groups is 3. The number of hydrogen-bond acceptors (Lipinski definition) is 6. The van der Waals surface area contributed by atoms with Crippen LogP contribution in [0, 0.1) is 0 Å². The molecule has 0 fully saturated rings. The first-order valence-corrected chi connectivity index (χ1v) is 6.93. The van der Waals surface area contributed by atoms with Crippen molar-refractivity contribution in [2.45, 2.75) is 24.6 Å². The third-order valence-electron chi connectivity index (χ3n) is 3.16. The standard InChI is InChI=1S/C14H21N5O4/c15-10(7-4-8-19-12(16)21)11(20)14(18,23-13(17)22)9-5-2-1-3-6-9/h1-3,5-6,10H,4,7-8,15,18H2,(H2,17,22)(H3,16,19,21). The first-order chi connectivity index (χ1) is 10.8. The minimum Gasteiger partial charge on any atom is -0.416 e. The van der Waals surface area contributed by atoms with E-state index in [2.05, 4.69) is 5.32 Å². The van der Waals surface area contributed by atoms with Gasteiger partial charge in [0.15, 0.2) is 0 Å². The molecule has 9 nitrogen and oxygen atoms in total. The quantitative estimate of drug-likeness (QED) is 0.310. The molecule has 0 radical (unpaired) electrons. The highest BCUT2D eigenvalue weighted by molar-refractivity contribution is 5.93. The van der Waals surface area contributed by atoms with E-state index in [-0.39, 0.29) is 18.5 Å².